The van der Waals surface area contributed by atoms with Crippen LogP contribution in [-0.4, -0.2) is 237 Å². The van der Waals surface area contributed by atoms with Crippen molar-refractivity contribution < 1.29 is 63.0 Å². The minimum Gasteiger partial charge on any atom is -0.390 e. The summed E-state index contributed by atoms with van der Waals surface area (Å²) in [7, 11) is 9.72. The van der Waals surface area contributed by atoms with E-state index < -0.39 is 161 Å². The van der Waals surface area contributed by atoms with Gasteiger partial charge in [0.1, 0.15) is 60.4 Å². The zero-order valence-electron chi connectivity index (χ0n) is 56.7. The predicted molar refractivity (Wildman–Crippen MR) is 330 cm³/mol. The Morgan fingerprint density at radius 1 is 0.488 bits per heavy atom. The molecule has 0 aromatic heterocycles. The average Bonchev–Trinajstić information content (AvgIpc) is 3.54. The van der Waals surface area contributed by atoms with Crippen molar-refractivity contribution in [1.82, 2.24) is 55.6 Å². The molecule has 1 aliphatic heterocycles. The third-order valence-corrected chi connectivity index (χ3v) is 16.3. The highest BCUT2D eigenvalue weighted by molar-refractivity contribution is 5.99. The minimum atomic E-state index is -1.60. The highest BCUT2D eigenvalue weighted by Crippen LogP contribution is 2.26. The number of carbonyl (C=O) groups is 11. The molecule has 1 rings (SSSR count). The monoisotopic (exact) mass is 1220 g/mol. The number of nitrogens with one attached hydrogen (secondary N) is 4. The lowest BCUT2D eigenvalue weighted by molar-refractivity contribution is -0.157. The van der Waals surface area contributed by atoms with Gasteiger partial charge >= 0.3 is 0 Å². The number of unbranched alkanes of at least 4 members (excludes halogenated alkanes) is 1. The zero-order chi connectivity index (χ0) is 66.9. The van der Waals surface area contributed by atoms with Crippen LogP contribution in [0.1, 0.15) is 169 Å². The van der Waals surface area contributed by atoms with Gasteiger partial charge in [0.05, 0.1) is 18.2 Å². The molecule has 11 amide bonds. The van der Waals surface area contributed by atoms with E-state index in [0.29, 0.717) is 12.8 Å². The van der Waals surface area contributed by atoms with Crippen LogP contribution in [0.5, 0.6) is 0 Å². The maximum absolute atomic E-state index is 15.1. The molecular formula is C62H113N11O13. The minimum absolute atomic E-state index is 0.00231. The van der Waals surface area contributed by atoms with Gasteiger partial charge in [0.25, 0.3) is 0 Å². The molecule has 1 saturated heterocycles. The molecule has 1 fully saturated rings. The highest BCUT2D eigenvalue weighted by atomic mass is 16.3. The molecule has 24 nitrogen and oxygen atoms in total. The van der Waals surface area contributed by atoms with E-state index >= 15 is 9.59 Å². The van der Waals surface area contributed by atoms with Crippen molar-refractivity contribution in [3.05, 3.63) is 0 Å². The molecule has 494 valence electrons. The second kappa shape index (κ2) is 34.6. The third-order valence-electron chi connectivity index (χ3n) is 16.3. The number of nitrogens with zero attached hydrogens (tertiary/aromatic N) is 7. The SMILES string of the molecule is CCCC[C@@H](C)[C@@H](O)[C@H]1C(=O)N[C@@H](CC)C(=O)N(C)CC(=O)N(C)[C@@H](CC(C)(C)O)C(=O)N[C@@H](C(C)C)C(=O)N(C)[C@@H](CC(C)C)C(=O)N[C@@H](C)C(=O)N[C@H](C)C(=O)N(C)[C@@H](CC(C)C)C(=O)N(C)[C@@H](CC(C)C)C(=O)N(C)[C@@H](C(C)C)C(=O)N1C. The van der Waals surface area contributed by atoms with Crippen LogP contribution in [0.4, 0.5) is 0 Å². The van der Waals surface area contributed by atoms with Crippen LogP contribution in [-0.2, 0) is 52.7 Å². The van der Waals surface area contributed by atoms with Crippen molar-refractivity contribution in [2.75, 3.05) is 55.9 Å². The first kappa shape index (κ1) is 78.1. The number of aliphatic hydroxyl groups is 2. The summed E-state index contributed by atoms with van der Waals surface area (Å²) in [6.45, 7) is 28.4. The Labute approximate surface area is 514 Å². The fraction of sp³-hybridized carbons (Fsp3) is 0.823. The Morgan fingerprint density at radius 3 is 1.38 bits per heavy atom. The maximum atomic E-state index is 15.1. The van der Waals surface area contributed by atoms with E-state index in [0.717, 1.165) is 21.1 Å². The summed E-state index contributed by atoms with van der Waals surface area (Å²) in [5.41, 5.74) is -1.55. The molecule has 0 aliphatic carbocycles. The van der Waals surface area contributed by atoms with E-state index in [1.807, 2.05) is 48.5 Å². The molecule has 0 aromatic carbocycles. The normalized spacial score (nSPS) is 26.8. The first-order valence-corrected chi connectivity index (χ1v) is 31.0. The smallest absolute Gasteiger partial charge is 0.246 e. The van der Waals surface area contributed by atoms with E-state index in [9.17, 15) is 53.4 Å². The van der Waals surface area contributed by atoms with E-state index in [-0.39, 0.29) is 49.9 Å². The van der Waals surface area contributed by atoms with Gasteiger partial charge in [0.2, 0.25) is 65.0 Å². The van der Waals surface area contributed by atoms with E-state index in [2.05, 4.69) is 21.3 Å². The Balaban J connectivity index is 4.34. The fourth-order valence-corrected chi connectivity index (χ4v) is 10.9. The fourth-order valence-electron chi connectivity index (χ4n) is 10.9. The predicted octanol–water partition coefficient (Wildman–Crippen LogP) is 2.61. The first-order valence-electron chi connectivity index (χ1n) is 31.0. The summed E-state index contributed by atoms with van der Waals surface area (Å²) in [4.78, 5) is 168. The lowest BCUT2D eigenvalue weighted by atomic mass is 9.90. The summed E-state index contributed by atoms with van der Waals surface area (Å²) in [5, 5.41) is 34.1. The van der Waals surface area contributed by atoms with Crippen LogP contribution in [0.25, 0.3) is 0 Å². The van der Waals surface area contributed by atoms with Gasteiger partial charge in [0.15, 0.2) is 0 Å². The summed E-state index contributed by atoms with van der Waals surface area (Å²) >= 11 is 0. The molecule has 1 aliphatic rings. The second-order valence-electron chi connectivity index (χ2n) is 26.8. The van der Waals surface area contributed by atoms with Crippen molar-refractivity contribution in [1.29, 1.82) is 0 Å². The summed E-state index contributed by atoms with van der Waals surface area (Å²) in [6, 6.07) is -12.8. The standard InChI is InChI=1S/C62H113N11O13/c1-25-27-28-39(13)51(75)50-55(79)65-42(26-2)57(81)67(18)33-47(74)68(19)46(32-62(16,17)86)54(78)66-48(37(9)10)60(84)69(20)43(29-34(3)4)53(77)63-40(14)52(76)64-41(15)56(80)70(21)44(30-35(5)6)58(82)71(22)45(31-36(7)8)59(83)72(23)49(38(11)12)61(85)73(50)24/h34-46,48-51,75,86H,25-33H2,1-24H3,(H,63,77)(H,64,76)(H,65,79)(H,66,78)/t39-,40+,41-,42+,43+,44+,45+,46+,48+,49+,50+,51-/m1/s1. The van der Waals surface area contributed by atoms with Crippen LogP contribution in [0, 0.1) is 35.5 Å². The molecule has 0 spiro atoms. The number of aliphatic hydroxyl groups excluding tert-OH is 1. The van der Waals surface area contributed by atoms with Crippen LogP contribution in [0.3, 0.4) is 0 Å². The lowest BCUT2D eigenvalue weighted by Gasteiger charge is -2.41. The molecule has 0 saturated carbocycles. The first-order chi connectivity index (χ1) is 39.5. The van der Waals surface area contributed by atoms with E-state index in [4.69, 9.17) is 0 Å². The van der Waals surface area contributed by atoms with Gasteiger partial charge in [-0.05, 0) is 95.3 Å². The van der Waals surface area contributed by atoms with Gasteiger partial charge < -0.3 is 65.8 Å². The summed E-state index contributed by atoms with van der Waals surface area (Å²) < 4.78 is 0. The molecule has 1 heterocycles. The molecule has 0 aromatic rings. The number of rotatable bonds is 16. The second-order valence-corrected chi connectivity index (χ2v) is 26.8. The lowest BCUT2D eigenvalue weighted by Crippen LogP contribution is -2.63. The molecule has 0 radical (unpaired) electrons. The third kappa shape index (κ3) is 22.0. The van der Waals surface area contributed by atoms with Gasteiger partial charge in [-0.3, -0.25) is 52.7 Å². The Hall–Kier alpha value is -5.91. The Morgan fingerprint density at radius 2 is 0.930 bits per heavy atom. The summed E-state index contributed by atoms with van der Waals surface area (Å²) in [5.74, 6) is -10.1. The van der Waals surface area contributed by atoms with Gasteiger partial charge in [-0.2, -0.15) is 0 Å². The highest BCUT2D eigenvalue weighted by Gasteiger charge is 2.46. The van der Waals surface area contributed by atoms with Gasteiger partial charge in [-0.25, -0.2) is 0 Å². The van der Waals surface area contributed by atoms with E-state index in [1.165, 1.54) is 96.6 Å². The number of likely N-dealkylation sites (N-methyl/N-ethyl adjacent to an activating group) is 7. The van der Waals surface area contributed by atoms with Crippen molar-refractivity contribution >= 4 is 65.0 Å². The van der Waals surface area contributed by atoms with Crippen molar-refractivity contribution in [2.45, 2.75) is 241 Å². The van der Waals surface area contributed by atoms with E-state index in [1.54, 1.807) is 41.5 Å². The number of hydrogen-bond acceptors (Lipinski definition) is 13. The molecule has 0 bridgehead atoms. The van der Waals surface area contributed by atoms with Gasteiger partial charge in [-0.15, -0.1) is 0 Å². The largest absolute Gasteiger partial charge is 0.390 e. The van der Waals surface area contributed by atoms with Crippen molar-refractivity contribution in [3.8, 4) is 0 Å². The van der Waals surface area contributed by atoms with Crippen LogP contribution in [0.2, 0.25) is 0 Å². The zero-order valence-corrected chi connectivity index (χ0v) is 56.7. The molecule has 6 N–H and O–H groups in total. The summed E-state index contributed by atoms with van der Waals surface area (Å²) in [6.07, 6.45) is 0.552. The average molecular weight is 1220 g/mol. The molecule has 86 heavy (non-hydrogen) atoms. The van der Waals surface area contributed by atoms with Gasteiger partial charge in [-0.1, -0.05) is 103 Å². The molecular weight excluding hydrogens is 1110 g/mol. The van der Waals surface area contributed by atoms with Crippen LogP contribution >= 0.6 is 0 Å². The number of amides is 11. The van der Waals surface area contributed by atoms with Crippen molar-refractivity contribution in [3.63, 3.8) is 0 Å². The molecule has 0 unspecified atom stereocenters. The van der Waals surface area contributed by atoms with Crippen LogP contribution < -0.4 is 21.3 Å². The molecule has 24 heteroatoms. The van der Waals surface area contributed by atoms with Crippen LogP contribution in [0.15, 0.2) is 0 Å². The van der Waals surface area contributed by atoms with Crippen molar-refractivity contribution in [2.24, 2.45) is 35.5 Å². The molecule has 12 atom stereocenters. The Kier molecular flexibility index (Phi) is 31.4. The number of hydrogen-bond donors (Lipinski definition) is 6. The number of carbonyl (C=O) groups excluding carboxylic acids is 11. The quantitative estimate of drug-likeness (QED) is 0.130. The topological polar surface area (TPSA) is 299 Å². The van der Waals surface area contributed by atoms with Gasteiger partial charge in [0, 0.05) is 55.8 Å². The Bertz CT molecular complexity index is 2320. The maximum Gasteiger partial charge on any atom is 0.246 e.